The summed E-state index contributed by atoms with van der Waals surface area (Å²) in [5.74, 6) is 0.657. The molecule has 0 aromatic heterocycles. The minimum atomic E-state index is -0.210. The number of nitrogens with one attached hydrogen (secondary N) is 1. The summed E-state index contributed by atoms with van der Waals surface area (Å²) in [5.41, 5.74) is 2.11. The summed E-state index contributed by atoms with van der Waals surface area (Å²) in [6, 6.07) is 22.1. The predicted octanol–water partition coefficient (Wildman–Crippen LogP) is 4.83. The molecule has 25 heavy (non-hydrogen) atoms. The van der Waals surface area contributed by atoms with Crippen molar-refractivity contribution < 1.29 is 9.53 Å². The maximum absolute atomic E-state index is 12.6. The van der Waals surface area contributed by atoms with Gasteiger partial charge in [0.05, 0.1) is 19.1 Å². The molecule has 0 saturated heterocycles. The number of amides is 1. The van der Waals surface area contributed by atoms with Crippen molar-refractivity contribution in [1.82, 2.24) is 5.32 Å². The third kappa shape index (κ3) is 3.82. The highest BCUT2D eigenvalue weighted by Gasteiger charge is 2.18. The van der Waals surface area contributed by atoms with Gasteiger partial charge >= 0.3 is 0 Å². The van der Waals surface area contributed by atoms with Crippen molar-refractivity contribution in [3.8, 4) is 5.75 Å². The van der Waals surface area contributed by atoms with E-state index >= 15 is 0 Å². The summed E-state index contributed by atoms with van der Waals surface area (Å²) < 4.78 is 5.26. The van der Waals surface area contributed by atoms with Gasteiger partial charge in [-0.15, -0.1) is 0 Å². The number of carbonyl (C=O) groups excluding carboxylic acids is 1. The second-order valence-corrected chi connectivity index (χ2v) is 6.34. The van der Waals surface area contributed by atoms with E-state index in [2.05, 4.69) is 11.4 Å². The molecule has 0 spiro atoms. The molecular weight excluding hydrogens is 310 g/mol. The molecule has 3 rings (SSSR count). The molecule has 2 atom stereocenters. The molecule has 0 aliphatic carbocycles. The molecule has 0 fully saturated rings. The van der Waals surface area contributed by atoms with Crippen molar-refractivity contribution >= 4 is 16.7 Å². The highest BCUT2D eigenvalue weighted by Crippen LogP contribution is 2.25. The van der Waals surface area contributed by atoms with Gasteiger partial charge in [0.25, 0.3) is 0 Å². The Morgan fingerprint density at radius 2 is 1.56 bits per heavy atom. The third-order valence-corrected chi connectivity index (χ3v) is 4.62. The maximum atomic E-state index is 12.6. The Bertz CT molecular complexity index is 874. The van der Waals surface area contributed by atoms with Gasteiger partial charge in [0.15, 0.2) is 0 Å². The van der Waals surface area contributed by atoms with Gasteiger partial charge in [0.1, 0.15) is 5.75 Å². The van der Waals surface area contributed by atoms with E-state index in [1.165, 1.54) is 0 Å². The van der Waals surface area contributed by atoms with E-state index in [-0.39, 0.29) is 17.9 Å². The zero-order valence-corrected chi connectivity index (χ0v) is 14.8. The van der Waals surface area contributed by atoms with Gasteiger partial charge in [-0.05, 0) is 47.9 Å². The highest BCUT2D eigenvalue weighted by atomic mass is 16.5. The molecule has 3 heteroatoms. The maximum Gasteiger partial charge on any atom is 0.227 e. The fraction of sp³-hybridized carbons (Fsp3) is 0.227. The van der Waals surface area contributed by atoms with Crippen molar-refractivity contribution in [2.24, 2.45) is 0 Å². The van der Waals surface area contributed by atoms with Gasteiger partial charge in [-0.3, -0.25) is 4.79 Å². The minimum Gasteiger partial charge on any atom is -0.497 e. The van der Waals surface area contributed by atoms with Gasteiger partial charge in [-0.2, -0.15) is 0 Å². The van der Waals surface area contributed by atoms with Gasteiger partial charge in [0.2, 0.25) is 5.91 Å². The summed E-state index contributed by atoms with van der Waals surface area (Å²) in [7, 11) is 1.66. The first-order valence-electron chi connectivity index (χ1n) is 8.51. The number of fused-ring (bicyclic) bond motifs is 1. The first-order chi connectivity index (χ1) is 12.1. The lowest BCUT2D eigenvalue weighted by molar-refractivity contribution is -0.122. The Balaban J connectivity index is 1.76. The Morgan fingerprint density at radius 3 is 2.28 bits per heavy atom. The molecule has 128 valence electrons. The van der Waals surface area contributed by atoms with Crippen LogP contribution in [0.4, 0.5) is 0 Å². The SMILES string of the molecule is COc1ccc2cc([C@H](C)C(=O)N[C@H](C)c3ccccc3)ccc2c1. The second kappa shape index (κ2) is 7.39. The lowest BCUT2D eigenvalue weighted by atomic mass is 9.96. The zero-order valence-electron chi connectivity index (χ0n) is 14.8. The molecule has 3 nitrogen and oxygen atoms in total. The Labute approximate surface area is 148 Å². The summed E-state index contributed by atoms with van der Waals surface area (Å²) in [6.07, 6.45) is 0. The van der Waals surface area contributed by atoms with E-state index in [0.29, 0.717) is 0 Å². The molecule has 0 saturated carbocycles. The third-order valence-electron chi connectivity index (χ3n) is 4.62. The number of rotatable bonds is 5. The van der Waals surface area contributed by atoms with Crippen molar-refractivity contribution in [3.05, 3.63) is 77.9 Å². The minimum absolute atomic E-state index is 0.0131. The van der Waals surface area contributed by atoms with Crippen LogP contribution in [0.3, 0.4) is 0 Å². The summed E-state index contributed by atoms with van der Waals surface area (Å²) in [4.78, 5) is 12.6. The van der Waals surface area contributed by atoms with Gasteiger partial charge in [-0.1, -0.05) is 54.6 Å². The molecule has 3 aromatic rings. The monoisotopic (exact) mass is 333 g/mol. The number of methoxy groups -OCH3 is 1. The van der Waals surface area contributed by atoms with Crippen LogP contribution in [0.5, 0.6) is 5.75 Å². The number of benzene rings is 3. The van der Waals surface area contributed by atoms with E-state index in [1.807, 2.05) is 74.5 Å². The van der Waals surface area contributed by atoms with E-state index in [9.17, 15) is 4.79 Å². The van der Waals surface area contributed by atoms with Crippen LogP contribution in [0, 0.1) is 0 Å². The summed E-state index contributed by atoms with van der Waals surface area (Å²) in [6.45, 7) is 3.95. The molecule has 1 N–H and O–H groups in total. The van der Waals surface area contributed by atoms with Gasteiger partial charge in [-0.25, -0.2) is 0 Å². The number of hydrogen-bond acceptors (Lipinski definition) is 2. The average molecular weight is 333 g/mol. The molecular formula is C22H23NO2. The van der Waals surface area contributed by atoms with Crippen LogP contribution in [0.25, 0.3) is 10.8 Å². The standard InChI is InChI=1S/C22H23NO2/c1-15(22(24)23-16(2)17-7-5-4-6-8-17)18-9-10-20-14-21(25-3)12-11-19(20)13-18/h4-16H,1-3H3,(H,23,24)/t15-,16+/m0/s1. The molecule has 0 unspecified atom stereocenters. The van der Waals surface area contributed by atoms with E-state index in [1.54, 1.807) is 7.11 Å². The fourth-order valence-electron chi connectivity index (χ4n) is 2.95. The van der Waals surface area contributed by atoms with Crippen LogP contribution >= 0.6 is 0 Å². The van der Waals surface area contributed by atoms with Crippen LogP contribution < -0.4 is 10.1 Å². The quantitative estimate of drug-likeness (QED) is 0.726. The van der Waals surface area contributed by atoms with Crippen LogP contribution in [-0.2, 0) is 4.79 Å². The lowest BCUT2D eigenvalue weighted by Gasteiger charge is -2.18. The average Bonchev–Trinajstić information content (AvgIpc) is 2.67. The van der Waals surface area contributed by atoms with E-state index in [4.69, 9.17) is 4.74 Å². The number of hydrogen-bond donors (Lipinski definition) is 1. The largest absolute Gasteiger partial charge is 0.497 e. The summed E-state index contributed by atoms with van der Waals surface area (Å²) in [5, 5.41) is 5.31. The van der Waals surface area contributed by atoms with Crippen LogP contribution in [0.15, 0.2) is 66.7 Å². The molecule has 1 amide bonds. The van der Waals surface area contributed by atoms with Gasteiger partial charge < -0.3 is 10.1 Å². The molecule has 0 radical (unpaired) electrons. The van der Waals surface area contributed by atoms with Crippen molar-refractivity contribution in [1.29, 1.82) is 0 Å². The first kappa shape index (κ1) is 17.0. The summed E-state index contributed by atoms with van der Waals surface area (Å²) >= 11 is 0. The Kier molecular flexibility index (Phi) is 5.03. The zero-order chi connectivity index (χ0) is 17.8. The van der Waals surface area contributed by atoms with Crippen molar-refractivity contribution in [2.75, 3.05) is 7.11 Å². The van der Waals surface area contributed by atoms with Gasteiger partial charge in [0, 0.05) is 0 Å². The molecule has 0 heterocycles. The topological polar surface area (TPSA) is 38.3 Å². The van der Waals surface area contributed by atoms with Crippen LogP contribution in [0.2, 0.25) is 0 Å². The second-order valence-electron chi connectivity index (χ2n) is 6.34. The Hall–Kier alpha value is -2.81. The van der Waals surface area contributed by atoms with E-state index < -0.39 is 0 Å². The lowest BCUT2D eigenvalue weighted by Crippen LogP contribution is -2.30. The Morgan fingerprint density at radius 1 is 0.880 bits per heavy atom. The fourth-order valence-corrected chi connectivity index (χ4v) is 2.95. The first-order valence-corrected chi connectivity index (χ1v) is 8.51. The van der Waals surface area contributed by atoms with Crippen molar-refractivity contribution in [2.45, 2.75) is 25.8 Å². The number of carbonyl (C=O) groups is 1. The van der Waals surface area contributed by atoms with Crippen LogP contribution in [-0.4, -0.2) is 13.0 Å². The van der Waals surface area contributed by atoms with E-state index in [0.717, 1.165) is 27.6 Å². The van der Waals surface area contributed by atoms with Crippen molar-refractivity contribution in [3.63, 3.8) is 0 Å². The molecule has 0 aliphatic rings. The molecule has 3 aromatic carbocycles. The predicted molar refractivity (Wildman–Crippen MR) is 102 cm³/mol. The van der Waals surface area contributed by atoms with Crippen LogP contribution in [0.1, 0.15) is 36.9 Å². The smallest absolute Gasteiger partial charge is 0.227 e. The molecule has 0 aliphatic heterocycles. The highest BCUT2D eigenvalue weighted by molar-refractivity contribution is 5.88. The molecule has 0 bridgehead atoms. The normalized spacial score (nSPS) is 13.2. The number of ether oxygens (including phenoxy) is 1.